The van der Waals surface area contributed by atoms with Crippen LogP contribution in [0.3, 0.4) is 0 Å². The highest BCUT2D eigenvalue weighted by Gasteiger charge is 2.29. The van der Waals surface area contributed by atoms with Gasteiger partial charge in [0.15, 0.2) is 0 Å². The van der Waals surface area contributed by atoms with Gasteiger partial charge in [-0.25, -0.2) is 4.98 Å². The fourth-order valence-electron chi connectivity index (χ4n) is 4.04. The first kappa shape index (κ1) is 14.1. The quantitative estimate of drug-likeness (QED) is 0.909. The van der Waals surface area contributed by atoms with Crippen LogP contribution in [0.4, 0.5) is 0 Å². The third kappa shape index (κ3) is 2.52. The molecule has 112 valence electrons. The zero-order chi connectivity index (χ0) is 14.1. The molecule has 0 spiro atoms. The highest BCUT2D eigenvalue weighted by atomic mass is 15.1. The predicted molar refractivity (Wildman–Crippen MR) is 83.0 cm³/mol. The van der Waals surface area contributed by atoms with Crippen molar-refractivity contribution in [3.05, 3.63) is 17.2 Å². The van der Waals surface area contributed by atoms with Gasteiger partial charge in [0, 0.05) is 37.2 Å². The van der Waals surface area contributed by atoms with E-state index in [0.29, 0.717) is 12.0 Å². The highest BCUT2D eigenvalue weighted by molar-refractivity contribution is 5.23. The molecule has 1 aliphatic carbocycles. The fraction of sp³-hybridized carbons (Fsp3) is 0.824. The molecule has 3 rings (SSSR count). The zero-order valence-electron chi connectivity index (χ0n) is 13.3. The molecule has 1 fully saturated rings. The molecule has 1 aromatic rings. The van der Waals surface area contributed by atoms with Gasteiger partial charge in [-0.05, 0) is 18.8 Å². The maximum absolute atomic E-state index is 4.98. The van der Waals surface area contributed by atoms with Crippen molar-refractivity contribution in [1.82, 2.24) is 14.9 Å². The lowest BCUT2D eigenvalue weighted by Gasteiger charge is -2.32. The van der Waals surface area contributed by atoms with E-state index in [9.17, 15) is 0 Å². The second-order valence-electron chi connectivity index (χ2n) is 6.91. The van der Waals surface area contributed by atoms with E-state index in [4.69, 9.17) is 4.98 Å². The summed E-state index contributed by atoms with van der Waals surface area (Å²) in [4.78, 5) is 4.98. The SMILES string of the molecule is CCC1CCCC(n2c(C(C)C)nc3c2CCNC3)C1. The zero-order valence-corrected chi connectivity index (χ0v) is 13.3. The molecule has 2 aliphatic rings. The molecule has 1 aromatic heterocycles. The third-order valence-electron chi connectivity index (χ3n) is 5.17. The molecule has 0 saturated heterocycles. The number of hydrogen-bond acceptors (Lipinski definition) is 2. The predicted octanol–water partition coefficient (Wildman–Crippen LogP) is 3.79. The molecule has 2 heterocycles. The van der Waals surface area contributed by atoms with Crippen molar-refractivity contribution in [2.75, 3.05) is 6.54 Å². The molecule has 3 heteroatoms. The average Bonchev–Trinajstić information content (AvgIpc) is 2.87. The van der Waals surface area contributed by atoms with Crippen molar-refractivity contribution in [1.29, 1.82) is 0 Å². The van der Waals surface area contributed by atoms with E-state index < -0.39 is 0 Å². The Morgan fingerprint density at radius 3 is 2.95 bits per heavy atom. The molecule has 1 aliphatic heterocycles. The first-order valence-corrected chi connectivity index (χ1v) is 8.51. The van der Waals surface area contributed by atoms with Crippen LogP contribution >= 0.6 is 0 Å². The molecule has 0 amide bonds. The van der Waals surface area contributed by atoms with Crippen LogP contribution in [0.2, 0.25) is 0 Å². The Morgan fingerprint density at radius 2 is 2.20 bits per heavy atom. The molecular formula is C17H29N3. The molecule has 2 atom stereocenters. The molecule has 20 heavy (non-hydrogen) atoms. The number of rotatable bonds is 3. The van der Waals surface area contributed by atoms with Crippen LogP contribution in [-0.2, 0) is 13.0 Å². The van der Waals surface area contributed by atoms with E-state index in [1.54, 1.807) is 0 Å². The van der Waals surface area contributed by atoms with Crippen molar-refractivity contribution in [2.45, 2.75) is 77.8 Å². The van der Waals surface area contributed by atoms with Gasteiger partial charge in [-0.15, -0.1) is 0 Å². The van der Waals surface area contributed by atoms with E-state index in [1.165, 1.54) is 49.3 Å². The first-order valence-electron chi connectivity index (χ1n) is 8.51. The van der Waals surface area contributed by atoms with Crippen molar-refractivity contribution in [2.24, 2.45) is 5.92 Å². The van der Waals surface area contributed by atoms with Crippen LogP contribution in [0.1, 0.15) is 82.0 Å². The number of fused-ring (bicyclic) bond motifs is 1. The minimum atomic E-state index is 0.530. The minimum absolute atomic E-state index is 0.530. The van der Waals surface area contributed by atoms with Crippen LogP contribution < -0.4 is 5.32 Å². The summed E-state index contributed by atoms with van der Waals surface area (Å²) < 4.78 is 2.66. The van der Waals surface area contributed by atoms with E-state index in [0.717, 1.165) is 25.4 Å². The van der Waals surface area contributed by atoms with Crippen molar-refractivity contribution in [3.8, 4) is 0 Å². The Hall–Kier alpha value is -0.830. The van der Waals surface area contributed by atoms with Gasteiger partial charge in [0.25, 0.3) is 0 Å². The van der Waals surface area contributed by atoms with Crippen molar-refractivity contribution >= 4 is 0 Å². The third-order valence-corrected chi connectivity index (χ3v) is 5.17. The van der Waals surface area contributed by atoms with E-state index in [2.05, 4.69) is 30.7 Å². The van der Waals surface area contributed by atoms with Crippen molar-refractivity contribution < 1.29 is 0 Å². The fourth-order valence-corrected chi connectivity index (χ4v) is 4.04. The standard InChI is InChI=1S/C17H29N3/c1-4-13-6-5-7-14(10-13)20-16-8-9-18-11-15(16)19-17(20)12(2)3/h12-14,18H,4-11H2,1-3H3. The van der Waals surface area contributed by atoms with Crippen LogP contribution in [-0.4, -0.2) is 16.1 Å². The Labute approximate surface area is 123 Å². The topological polar surface area (TPSA) is 29.9 Å². The van der Waals surface area contributed by atoms with Gasteiger partial charge in [0.2, 0.25) is 0 Å². The molecule has 1 saturated carbocycles. The van der Waals surface area contributed by atoms with Crippen LogP contribution in [0.15, 0.2) is 0 Å². The van der Waals surface area contributed by atoms with Crippen molar-refractivity contribution in [3.63, 3.8) is 0 Å². The van der Waals surface area contributed by atoms with Gasteiger partial charge in [0.05, 0.1) is 5.69 Å². The minimum Gasteiger partial charge on any atom is -0.328 e. The molecular weight excluding hydrogens is 246 g/mol. The lowest BCUT2D eigenvalue weighted by molar-refractivity contribution is 0.252. The maximum Gasteiger partial charge on any atom is 0.112 e. The molecule has 2 unspecified atom stereocenters. The molecule has 3 nitrogen and oxygen atoms in total. The monoisotopic (exact) mass is 275 g/mol. The summed E-state index contributed by atoms with van der Waals surface area (Å²) in [6.45, 7) is 9.01. The number of nitrogens with zero attached hydrogens (tertiary/aromatic N) is 2. The van der Waals surface area contributed by atoms with Crippen LogP contribution in [0, 0.1) is 5.92 Å². The normalized spacial score (nSPS) is 26.8. The molecule has 0 bridgehead atoms. The van der Waals surface area contributed by atoms with Gasteiger partial charge in [0.1, 0.15) is 5.82 Å². The second kappa shape index (κ2) is 5.88. The van der Waals surface area contributed by atoms with Crippen LogP contribution in [0.5, 0.6) is 0 Å². The second-order valence-corrected chi connectivity index (χ2v) is 6.91. The lowest BCUT2D eigenvalue weighted by Crippen LogP contribution is -2.28. The summed E-state index contributed by atoms with van der Waals surface area (Å²) in [5.41, 5.74) is 2.85. The highest BCUT2D eigenvalue weighted by Crippen LogP contribution is 2.38. The van der Waals surface area contributed by atoms with Crippen LogP contribution in [0.25, 0.3) is 0 Å². The van der Waals surface area contributed by atoms with Gasteiger partial charge >= 0.3 is 0 Å². The largest absolute Gasteiger partial charge is 0.328 e. The summed E-state index contributed by atoms with van der Waals surface area (Å²) in [7, 11) is 0. The first-order chi connectivity index (χ1) is 9.70. The molecule has 1 N–H and O–H groups in total. The van der Waals surface area contributed by atoms with Gasteiger partial charge in [-0.2, -0.15) is 0 Å². The maximum atomic E-state index is 4.98. The summed E-state index contributed by atoms with van der Waals surface area (Å²) in [5, 5.41) is 3.47. The number of imidazole rings is 1. The van der Waals surface area contributed by atoms with E-state index in [1.807, 2.05) is 0 Å². The molecule has 0 aromatic carbocycles. The lowest BCUT2D eigenvalue weighted by atomic mass is 9.83. The number of nitrogens with one attached hydrogen (secondary N) is 1. The Balaban J connectivity index is 1.96. The smallest absolute Gasteiger partial charge is 0.112 e. The number of hydrogen-bond donors (Lipinski definition) is 1. The Bertz CT molecular complexity index is 461. The number of aromatic nitrogens is 2. The van der Waals surface area contributed by atoms with E-state index in [-0.39, 0.29) is 0 Å². The molecule has 0 radical (unpaired) electrons. The Morgan fingerprint density at radius 1 is 1.35 bits per heavy atom. The summed E-state index contributed by atoms with van der Waals surface area (Å²) >= 11 is 0. The summed E-state index contributed by atoms with van der Waals surface area (Å²) in [6, 6.07) is 0.709. The Kier molecular flexibility index (Phi) is 4.16. The summed E-state index contributed by atoms with van der Waals surface area (Å²) in [6.07, 6.45) is 8.04. The van der Waals surface area contributed by atoms with Gasteiger partial charge in [-0.3, -0.25) is 0 Å². The summed E-state index contributed by atoms with van der Waals surface area (Å²) in [5.74, 6) is 2.79. The van der Waals surface area contributed by atoms with Gasteiger partial charge in [-0.1, -0.05) is 40.0 Å². The van der Waals surface area contributed by atoms with Gasteiger partial charge < -0.3 is 9.88 Å². The van der Waals surface area contributed by atoms with E-state index >= 15 is 0 Å². The average molecular weight is 275 g/mol.